The van der Waals surface area contributed by atoms with Crippen LogP contribution in [0.25, 0.3) is 11.3 Å². The molecule has 3 N–H and O–H groups in total. The second kappa shape index (κ2) is 7.72. The molecule has 0 aliphatic heterocycles. The van der Waals surface area contributed by atoms with Gasteiger partial charge in [0.15, 0.2) is 0 Å². The number of rotatable bonds is 5. The average Bonchev–Trinajstić information content (AvgIpc) is 3.09. The van der Waals surface area contributed by atoms with Gasteiger partial charge >= 0.3 is 0 Å². The van der Waals surface area contributed by atoms with Crippen molar-refractivity contribution in [3.05, 3.63) is 70.5 Å². The van der Waals surface area contributed by atoms with Gasteiger partial charge in [-0.3, -0.25) is 4.79 Å². The first-order valence-corrected chi connectivity index (χ1v) is 8.68. The van der Waals surface area contributed by atoms with Gasteiger partial charge in [0.05, 0.1) is 17.8 Å². The molecule has 0 bridgehead atoms. The Hall–Kier alpha value is -2.99. The minimum atomic E-state index is -0.197. The second-order valence-corrected chi connectivity index (χ2v) is 6.47. The molecule has 0 saturated heterocycles. The molecule has 0 unspecified atom stereocenters. The van der Waals surface area contributed by atoms with Gasteiger partial charge in [-0.2, -0.15) is 5.10 Å². The summed E-state index contributed by atoms with van der Waals surface area (Å²) in [6.07, 6.45) is 0.200. The van der Waals surface area contributed by atoms with Gasteiger partial charge in [-0.15, -0.1) is 11.3 Å². The Morgan fingerprint density at radius 2 is 2.00 bits per heavy atom. The van der Waals surface area contributed by atoms with Gasteiger partial charge in [0.25, 0.3) is 0 Å². The van der Waals surface area contributed by atoms with Gasteiger partial charge in [-0.05, 0) is 24.6 Å². The highest BCUT2D eigenvalue weighted by atomic mass is 32.1. The number of nitrogens with two attached hydrogens (primary N) is 1. The van der Waals surface area contributed by atoms with E-state index in [0.717, 1.165) is 21.8 Å². The number of hydrazone groups is 1. The summed E-state index contributed by atoms with van der Waals surface area (Å²) in [5.41, 5.74) is 12.5. The first-order valence-electron chi connectivity index (χ1n) is 7.80. The third-order valence-electron chi connectivity index (χ3n) is 3.59. The first-order chi connectivity index (χ1) is 12.1. The van der Waals surface area contributed by atoms with Crippen molar-refractivity contribution in [1.82, 2.24) is 10.4 Å². The molecule has 126 valence electrons. The minimum Gasteiger partial charge on any atom is -0.399 e. The van der Waals surface area contributed by atoms with Crippen LogP contribution in [0.15, 0.2) is 65.1 Å². The summed E-state index contributed by atoms with van der Waals surface area (Å²) < 4.78 is 0. The van der Waals surface area contributed by atoms with Crippen molar-refractivity contribution in [3.8, 4) is 11.3 Å². The Bertz CT molecular complexity index is 903. The van der Waals surface area contributed by atoms with Crippen molar-refractivity contribution in [3.63, 3.8) is 0 Å². The molecule has 0 saturated carbocycles. The number of carbonyl (C=O) groups excluding carboxylic acids is 1. The molecule has 2 aromatic carbocycles. The molecule has 0 radical (unpaired) electrons. The summed E-state index contributed by atoms with van der Waals surface area (Å²) in [4.78, 5) is 16.6. The van der Waals surface area contributed by atoms with E-state index in [1.807, 2.05) is 66.9 Å². The quantitative estimate of drug-likeness (QED) is 0.420. The first kappa shape index (κ1) is 16.9. The van der Waals surface area contributed by atoms with E-state index in [9.17, 15) is 4.79 Å². The number of benzene rings is 2. The molecule has 6 heteroatoms. The zero-order valence-corrected chi connectivity index (χ0v) is 14.6. The molecular formula is C19H18N4OS. The number of aromatic nitrogens is 1. The van der Waals surface area contributed by atoms with E-state index < -0.39 is 0 Å². The molecule has 3 rings (SSSR count). The SMILES string of the molecule is C/C(=N/NC(=O)Cc1nc(-c2ccccc2)cs1)c1cccc(N)c1. The monoisotopic (exact) mass is 350 g/mol. The summed E-state index contributed by atoms with van der Waals surface area (Å²) >= 11 is 1.47. The minimum absolute atomic E-state index is 0.197. The Labute approximate surface area is 150 Å². The second-order valence-electron chi connectivity index (χ2n) is 5.53. The van der Waals surface area contributed by atoms with Crippen LogP contribution in [0.4, 0.5) is 5.69 Å². The van der Waals surface area contributed by atoms with Gasteiger partial charge in [-0.1, -0.05) is 42.5 Å². The lowest BCUT2D eigenvalue weighted by Crippen LogP contribution is -2.21. The van der Waals surface area contributed by atoms with E-state index in [2.05, 4.69) is 15.5 Å². The van der Waals surface area contributed by atoms with Crippen molar-refractivity contribution >= 4 is 28.6 Å². The number of amides is 1. The van der Waals surface area contributed by atoms with Crippen molar-refractivity contribution in [2.24, 2.45) is 5.10 Å². The fourth-order valence-electron chi connectivity index (χ4n) is 2.28. The molecule has 5 nitrogen and oxygen atoms in total. The summed E-state index contributed by atoms with van der Waals surface area (Å²) in [6, 6.07) is 17.3. The van der Waals surface area contributed by atoms with Crippen molar-refractivity contribution < 1.29 is 4.79 Å². The number of anilines is 1. The predicted octanol–water partition coefficient (Wildman–Crippen LogP) is 3.48. The predicted molar refractivity (Wildman–Crippen MR) is 102 cm³/mol. The van der Waals surface area contributed by atoms with Crippen LogP contribution in [0.3, 0.4) is 0 Å². The molecule has 0 atom stereocenters. The lowest BCUT2D eigenvalue weighted by atomic mass is 10.1. The molecule has 0 spiro atoms. The van der Waals surface area contributed by atoms with Crippen LogP contribution in [-0.2, 0) is 11.2 Å². The van der Waals surface area contributed by atoms with Gasteiger partial charge in [-0.25, -0.2) is 10.4 Å². The number of thiazole rings is 1. The van der Waals surface area contributed by atoms with E-state index in [0.29, 0.717) is 11.4 Å². The van der Waals surface area contributed by atoms with Crippen LogP contribution >= 0.6 is 11.3 Å². The molecule has 3 aromatic rings. The molecule has 0 aliphatic rings. The smallest absolute Gasteiger partial charge is 0.246 e. The fraction of sp³-hybridized carbons (Fsp3) is 0.105. The van der Waals surface area contributed by atoms with Gasteiger partial charge in [0.2, 0.25) is 5.91 Å². The van der Waals surface area contributed by atoms with Gasteiger partial charge in [0.1, 0.15) is 5.01 Å². The number of nitrogen functional groups attached to an aromatic ring is 1. The molecule has 0 aliphatic carbocycles. The Balaban J connectivity index is 1.61. The Morgan fingerprint density at radius 3 is 2.76 bits per heavy atom. The van der Waals surface area contributed by atoms with E-state index >= 15 is 0 Å². The highest BCUT2D eigenvalue weighted by Crippen LogP contribution is 2.21. The maximum Gasteiger partial charge on any atom is 0.246 e. The molecule has 0 fully saturated rings. The zero-order chi connectivity index (χ0) is 17.6. The molecular weight excluding hydrogens is 332 g/mol. The number of nitrogens with zero attached hydrogens (tertiary/aromatic N) is 2. The topological polar surface area (TPSA) is 80.4 Å². The summed E-state index contributed by atoms with van der Waals surface area (Å²) in [5, 5.41) is 6.85. The van der Waals surface area contributed by atoms with E-state index in [1.165, 1.54) is 11.3 Å². The van der Waals surface area contributed by atoms with E-state index in [4.69, 9.17) is 5.73 Å². The lowest BCUT2D eigenvalue weighted by Gasteiger charge is -2.03. The number of carbonyl (C=O) groups is 1. The molecule has 1 amide bonds. The van der Waals surface area contributed by atoms with Crippen molar-refractivity contribution in [2.75, 3.05) is 5.73 Å². The fourth-order valence-corrected chi connectivity index (χ4v) is 3.09. The van der Waals surface area contributed by atoms with Crippen LogP contribution in [0, 0.1) is 0 Å². The van der Waals surface area contributed by atoms with Crippen LogP contribution in [0.5, 0.6) is 0 Å². The number of hydrogen-bond donors (Lipinski definition) is 2. The standard InChI is InChI=1S/C19H18N4OS/c1-13(15-8-5-9-16(20)10-15)22-23-18(24)11-19-21-17(12-25-19)14-6-3-2-4-7-14/h2-10,12H,11,20H2,1H3,(H,23,24)/b22-13-. The molecule has 1 heterocycles. The number of nitrogens with one attached hydrogen (secondary N) is 1. The summed E-state index contributed by atoms with van der Waals surface area (Å²) in [5.74, 6) is -0.197. The van der Waals surface area contributed by atoms with Crippen LogP contribution in [0.1, 0.15) is 17.5 Å². The van der Waals surface area contributed by atoms with Crippen molar-refractivity contribution in [1.29, 1.82) is 0 Å². The van der Waals surface area contributed by atoms with Crippen LogP contribution in [0.2, 0.25) is 0 Å². The van der Waals surface area contributed by atoms with Gasteiger partial charge < -0.3 is 5.73 Å². The summed E-state index contributed by atoms with van der Waals surface area (Å²) in [7, 11) is 0. The average molecular weight is 350 g/mol. The molecule has 1 aromatic heterocycles. The Kier molecular flexibility index (Phi) is 5.20. The van der Waals surface area contributed by atoms with E-state index in [-0.39, 0.29) is 12.3 Å². The van der Waals surface area contributed by atoms with E-state index in [1.54, 1.807) is 0 Å². The maximum atomic E-state index is 12.1. The third kappa shape index (κ3) is 4.51. The normalized spacial score (nSPS) is 11.3. The lowest BCUT2D eigenvalue weighted by molar-refractivity contribution is -0.120. The number of hydrogen-bond acceptors (Lipinski definition) is 5. The zero-order valence-electron chi connectivity index (χ0n) is 13.8. The van der Waals surface area contributed by atoms with Crippen LogP contribution in [-0.4, -0.2) is 16.6 Å². The van der Waals surface area contributed by atoms with Crippen molar-refractivity contribution in [2.45, 2.75) is 13.3 Å². The summed E-state index contributed by atoms with van der Waals surface area (Å²) in [6.45, 7) is 1.83. The highest BCUT2D eigenvalue weighted by Gasteiger charge is 2.09. The van der Waals surface area contributed by atoms with Gasteiger partial charge in [0, 0.05) is 16.6 Å². The Morgan fingerprint density at radius 1 is 1.20 bits per heavy atom. The maximum absolute atomic E-state index is 12.1. The molecule has 25 heavy (non-hydrogen) atoms. The highest BCUT2D eigenvalue weighted by molar-refractivity contribution is 7.10. The third-order valence-corrected chi connectivity index (χ3v) is 4.43. The largest absolute Gasteiger partial charge is 0.399 e. The van der Waals surface area contributed by atoms with Crippen LogP contribution < -0.4 is 11.2 Å².